The summed E-state index contributed by atoms with van der Waals surface area (Å²) >= 11 is 0. The molecule has 0 unspecified atom stereocenters. The fourth-order valence-corrected chi connectivity index (χ4v) is 2.26. The second-order valence-electron chi connectivity index (χ2n) is 4.67. The number of fused-ring (bicyclic) bond motifs is 1. The molecule has 3 aromatic rings. The Bertz CT molecular complexity index is 875. The van der Waals surface area contributed by atoms with Crippen LogP contribution in [0.1, 0.15) is 21.6 Å². The van der Waals surface area contributed by atoms with Gasteiger partial charge in [-0.25, -0.2) is 4.79 Å². The number of rotatable bonds is 3. The van der Waals surface area contributed by atoms with E-state index in [4.69, 9.17) is 10.4 Å². The average Bonchev–Trinajstić information content (AvgIpc) is 2.89. The van der Waals surface area contributed by atoms with Crippen LogP contribution in [-0.4, -0.2) is 20.6 Å². The Kier molecular flexibility index (Phi) is 3.13. The summed E-state index contributed by atoms with van der Waals surface area (Å²) in [6.45, 7) is 0.458. The van der Waals surface area contributed by atoms with Gasteiger partial charge in [0.2, 0.25) is 0 Å². The third-order valence-electron chi connectivity index (χ3n) is 3.30. The molecule has 0 bridgehead atoms. The summed E-state index contributed by atoms with van der Waals surface area (Å²) < 4.78 is 1.95. The summed E-state index contributed by atoms with van der Waals surface area (Å²) in [5, 5.41) is 19.0. The second kappa shape index (κ2) is 5.10. The zero-order valence-electron chi connectivity index (χ0n) is 11.0. The number of aromatic carboxylic acids is 1. The van der Waals surface area contributed by atoms with E-state index in [1.54, 1.807) is 12.1 Å². The van der Waals surface area contributed by atoms with Crippen LogP contribution >= 0.6 is 0 Å². The van der Waals surface area contributed by atoms with Gasteiger partial charge in [-0.05, 0) is 35.7 Å². The van der Waals surface area contributed by atoms with Gasteiger partial charge in [0.05, 0.1) is 29.4 Å². The van der Waals surface area contributed by atoms with E-state index in [-0.39, 0.29) is 5.56 Å². The van der Waals surface area contributed by atoms with Crippen molar-refractivity contribution in [3.05, 3.63) is 65.6 Å². The molecule has 0 saturated heterocycles. The lowest BCUT2D eigenvalue weighted by molar-refractivity contribution is 0.0696. The molecule has 0 radical (unpaired) electrons. The van der Waals surface area contributed by atoms with E-state index < -0.39 is 5.97 Å². The quantitative estimate of drug-likeness (QED) is 0.798. The molecule has 0 amide bonds. The zero-order chi connectivity index (χ0) is 14.8. The van der Waals surface area contributed by atoms with Gasteiger partial charge in [-0.2, -0.15) is 5.26 Å². The number of carboxylic acids is 1. The topological polar surface area (TPSA) is 78.9 Å². The average molecular weight is 277 g/mol. The Balaban J connectivity index is 2.00. The first kappa shape index (κ1) is 12.9. The van der Waals surface area contributed by atoms with Gasteiger partial charge in [0.1, 0.15) is 0 Å². The Hall–Kier alpha value is -3.13. The maximum absolute atomic E-state index is 11.0. The van der Waals surface area contributed by atoms with E-state index in [0.29, 0.717) is 17.8 Å². The van der Waals surface area contributed by atoms with Gasteiger partial charge in [-0.1, -0.05) is 6.07 Å². The first-order valence-electron chi connectivity index (χ1n) is 6.34. The van der Waals surface area contributed by atoms with Crippen molar-refractivity contribution in [2.75, 3.05) is 0 Å². The Morgan fingerprint density at radius 3 is 2.90 bits per heavy atom. The molecule has 5 heteroatoms. The molecule has 3 rings (SSSR count). The number of nitrogens with zero attached hydrogens (tertiary/aromatic N) is 3. The zero-order valence-corrected chi connectivity index (χ0v) is 11.0. The predicted octanol–water partition coefficient (Wildman–Crippen LogP) is 2.65. The van der Waals surface area contributed by atoms with Crippen LogP contribution in [0.5, 0.6) is 0 Å². The molecule has 0 spiro atoms. The minimum atomic E-state index is -0.970. The number of carboxylic acid groups (broad SMARTS) is 1. The monoisotopic (exact) mass is 277 g/mol. The first-order chi connectivity index (χ1) is 10.2. The van der Waals surface area contributed by atoms with Crippen molar-refractivity contribution >= 4 is 16.9 Å². The van der Waals surface area contributed by atoms with E-state index in [1.165, 1.54) is 12.3 Å². The third-order valence-corrected chi connectivity index (χ3v) is 3.30. The van der Waals surface area contributed by atoms with Gasteiger partial charge >= 0.3 is 5.97 Å². The third kappa shape index (κ3) is 2.47. The number of hydrogen-bond donors (Lipinski definition) is 1. The van der Waals surface area contributed by atoms with Crippen LogP contribution < -0.4 is 0 Å². The van der Waals surface area contributed by atoms with Crippen LogP contribution in [0.3, 0.4) is 0 Å². The number of carbonyl (C=O) groups is 1. The Morgan fingerprint density at radius 1 is 1.29 bits per heavy atom. The van der Waals surface area contributed by atoms with Crippen molar-refractivity contribution in [2.24, 2.45) is 0 Å². The maximum Gasteiger partial charge on any atom is 0.335 e. The predicted molar refractivity (Wildman–Crippen MR) is 77.0 cm³/mol. The summed E-state index contributed by atoms with van der Waals surface area (Å²) in [7, 11) is 0. The van der Waals surface area contributed by atoms with Crippen molar-refractivity contribution in [1.29, 1.82) is 5.26 Å². The minimum absolute atomic E-state index is 0.217. The van der Waals surface area contributed by atoms with E-state index in [0.717, 1.165) is 10.9 Å². The molecule has 2 aromatic heterocycles. The van der Waals surface area contributed by atoms with E-state index >= 15 is 0 Å². The summed E-state index contributed by atoms with van der Waals surface area (Å²) in [5.74, 6) is -0.970. The first-order valence-corrected chi connectivity index (χ1v) is 6.34. The van der Waals surface area contributed by atoms with Crippen LogP contribution in [0.25, 0.3) is 10.9 Å². The maximum atomic E-state index is 11.0. The van der Waals surface area contributed by atoms with Crippen LogP contribution in [0.4, 0.5) is 0 Å². The van der Waals surface area contributed by atoms with E-state index in [2.05, 4.69) is 11.1 Å². The number of nitriles is 1. The molecular formula is C16H11N3O2. The molecule has 21 heavy (non-hydrogen) atoms. The number of hydrogen-bond acceptors (Lipinski definition) is 3. The lowest BCUT2D eigenvalue weighted by Gasteiger charge is -2.06. The largest absolute Gasteiger partial charge is 0.478 e. The van der Waals surface area contributed by atoms with Gasteiger partial charge in [0.15, 0.2) is 0 Å². The highest BCUT2D eigenvalue weighted by Gasteiger charge is 2.07. The molecule has 5 nitrogen and oxygen atoms in total. The summed E-state index contributed by atoms with van der Waals surface area (Å²) in [4.78, 5) is 15.2. The van der Waals surface area contributed by atoms with Crippen molar-refractivity contribution in [3.63, 3.8) is 0 Å². The summed E-state index contributed by atoms with van der Waals surface area (Å²) in [6, 6.07) is 12.6. The lowest BCUT2D eigenvalue weighted by atomic mass is 10.2. The minimum Gasteiger partial charge on any atom is -0.478 e. The molecule has 0 atom stereocenters. The highest BCUT2D eigenvalue weighted by molar-refractivity contribution is 5.87. The lowest BCUT2D eigenvalue weighted by Crippen LogP contribution is -2.03. The Morgan fingerprint density at radius 2 is 2.14 bits per heavy atom. The molecule has 0 aliphatic rings. The molecule has 1 aromatic carbocycles. The fourth-order valence-electron chi connectivity index (χ4n) is 2.26. The van der Waals surface area contributed by atoms with Crippen LogP contribution in [-0.2, 0) is 6.54 Å². The van der Waals surface area contributed by atoms with Gasteiger partial charge in [-0.3, -0.25) is 4.98 Å². The molecule has 0 saturated carbocycles. The molecular weight excluding hydrogens is 266 g/mol. The highest BCUT2D eigenvalue weighted by atomic mass is 16.4. The van der Waals surface area contributed by atoms with E-state index in [9.17, 15) is 4.79 Å². The standard InChI is InChI=1S/C16H11N3O2/c17-9-11-1-2-12-4-6-19(15(12)7-11)10-14-8-13(16(20)21)3-5-18-14/h1-8H,10H2,(H,20,21). The van der Waals surface area contributed by atoms with Crippen molar-refractivity contribution in [1.82, 2.24) is 9.55 Å². The smallest absolute Gasteiger partial charge is 0.335 e. The highest BCUT2D eigenvalue weighted by Crippen LogP contribution is 2.18. The number of benzene rings is 1. The molecule has 2 heterocycles. The molecule has 0 fully saturated rings. The molecule has 102 valence electrons. The van der Waals surface area contributed by atoms with Crippen LogP contribution in [0, 0.1) is 11.3 Å². The SMILES string of the molecule is N#Cc1ccc2ccn(Cc3cc(C(=O)O)ccn3)c2c1. The summed E-state index contributed by atoms with van der Waals surface area (Å²) in [5.41, 5.74) is 2.40. The van der Waals surface area contributed by atoms with Gasteiger partial charge in [-0.15, -0.1) is 0 Å². The summed E-state index contributed by atoms with van der Waals surface area (Å²) in [6.07, 6.45) is 3.39. The van der Waals surface area contributed by atoms with Crippen molar-refractivity contribution in [3.8, 4) is 6.07 Å². The Labute approximate surface area is 120 Å². The van der Waals surface area contributed by atoms with Gasteiger partial charge < -0.3 is 9.67 Å². The number of aromatic nitrogens is 2. The fraction of sp³-hybridized carbons (Fsp3) is 0.0625. The normalized spacial score (nSPS) is 10.4. The van der Waals surface area contributed by atoms with E-state index in [1.807, 2.05) is 29.0 Å². The molecule has 0 aliphatic heterocycles. The molecule has 0 aliphatic carbocycles. The molecule has 1 N–H and O–H groups in total. The van der Waals surface area contributed by atoms with Crippen LogP contribution in [0.15, 0.2) is 48.8 Å². The number of pyridine rings is 1. The van der Waals surface area contributed by atoms with Crippen LogP contribution in [0.2, 0.25) is 0 Å². The van der Waals surface area contributed by atoms with Gasteiger partial charge in [0, 0.05) is 17.9 Å². The second-order valence-corrected chi connectivity index (χ2v) is 4.67. The van der Waals surface area contributed by atoms with Gasteiger partial charge in [0.25, 0.3) is 0 Å². The van der Waals surface area contributed by atoms with Crippen molar-refractivity contribution < 1.29 is 9.90 Å². The van der Waals surface area contributed by atoms with Crippen molar-refractivity contribution in [2.45, 2.75) is 6.54 Å².